The van der Waals surface area contributed by atoms with E-state index in [9.17, 15) is 19.5 Å². The smallest absolute Gasteiger partial charge is 0.335 e. The maximum Gasteiger partial charge on any atom is 0.335 e. The molecule has 172 valence electrons. The molecule has 4 aromatic rings. The molecule has 5 rings (SSSR count). The molecule has 0 saturated carbocycles. The van der Waals surface area contributed by atoms with Gasteiger partial charge in [0.05, 0.1) is 5.69 Å². The molecule has 3 aromatic carbocycles. The maximum atomic E-state index is 12.6. The molecular formula is C28H20N2O5. The van der Waals surface area contributed by atoms with Crippen molar-refractivity contribution >= 4 is 23.5 Å². The number of hydrogen-bond acceptors (Lipinski definition) is 5. The minimum atomic E-state index is -0.803. The number of carbonyl (C=O) groups excluding carboxylic acids is 1. The summed E-state index contributed by atoms with van der Waals surface area (Å²) in [6.07, 6.45) is 4.41. The van der Waals surface area contributed by atoms with E-state index in [2.05, 4.69) is 4.98 Å². The van der Waals surface area contributed by atoms with Gasteiger partial charge in [0.25, 0.3) is 5.56 Å². The van der Waals surface area contributed by atoms with Crippen molar-refractivity contribution in [3.8, 4) is 17.3 Å². The molecule has 2 N–H and O–H groups in total. The van der Waals surface area contributed by atoms with Crippen LogP contribution in [-0.2, 0) is 11.4 Å². The minimum absolute atomic E-state index is 0.192. The van der Waals surface area contributed by atoms with Crippen molar-refractivity contribution in [3.63, 3.8) is 0 Å². The highest BCUT2D eigenvalue weighted by Crippen LogP contribution is 2.29. The Labute approximate surface area is 199 Å². The summed E-state index contributed by atoms with van der Waals surface area (Å²) in [4.78, 5) is 40.0. The summed E-state index contributed by atoms with van der Waals surface area (Å²) < 4.78 is 6.75. The average molecular weight is 464 g/mol. The Morgan fingerprint density at radius 1 is 0.857 bits per heavy atom. The molecule has 0 spiro atoms. The zero-order valence-corrected chi connectivity index (χ0v) is 18.5. The van der Waals surface area contributed by atoms with Gasteiger partial charge < -0.3 is 9.84 Å². The Balaban J connectivity index is 1.51. The third-order valence-corrected chi connectivity index (χ3v) is 5.68. The molecule has 7 nitrogen and oxygen atoms in total. The first-order valence-corrected chi connectivity index (χ1v) is 10.9. The summed E-state index contributed by atoms with van der Waals surface area (Å²) in [5.74, 6) is -0.294. The van der Waals surface area contributed by atoms with Crippen LogP contribution in [0.25, 0.3) is 23.4 Å². The number of ketones is 1. The van der Waals surface area contributed by atoms with Crippen molar-refractivity contribution in [1.82, 2.24) is 9.55 Å². The summed E-state index contributed by atoms with van der Waals surface area (Å²) in [6.45, 7) is 0.381. The Bertz CT molecular complexity index is 1590. The monoisotopic (exact) mass is 464 g/mol. The van der Waals surface area contributed by atoms with Gasteiger partial charge in [0.1, 0.15) is 17.9 Å². The molecule has 0 fully saturated rings. The highest BCUT2D eigenvalue weighted by Gasteiger charge is 2.20. The first-order chi connectivity index (χ1) is 17.0. The second-order valence-corrected chi connectivity index (χ2v) is 7.94. The van der Waals surface area contributed by atoms with Crippen molar-refractivity contribution in [2.45, 2.75) is 6.61 Å². The molecule has 0 aliphatic heterocycles. The topological polar surface area (TPSA) is 101 Å². The quantitative estimate of drug-likeness (QED) is 0.436. The summed E-state index contributed by atoms with van der Waals surface area (Å²) in [5.41, 5.74) is 1.25. The van der Waals surface area contributed by atoms with E-state index in [1.807, 2.05) is 42.5 Å². The van der Waals surface area contributed by atoms with Crippen LogP contribution in [0.2, 0.25) is 0 Å². The normalized spacial score (nSPS) is 13.6. The number of nitrogens with zero attached hydrogens (tertiary/aromatic N) is 1. The molecule has 0 bridgehead atoms. The lowest BCUT2D eigenvalue weighted by atomic mass is 9.90. The van der Waals surface area contributed by atoms with Gasteiger partial charge in [0.2, 0.25) is 5.88 Å². The predicted molar refractivity (Wildman–Crippen MR) is 133 cm³/mol. The van der Waals surface area contributed by atoms with Crippen LogP contribution >= 0.6 is 0 Å². The SMILES string of the molecule is O=C1C=Cc2ccccc2C1=Cc1c(O)n(-c2ccc(OCc3ccccc3)cc2)c(=O)[nH]c1=O. The van der Waals surface area contributed by atoms with Crippen molar-refractivity contribution in [2.24, 2.45) is 0 Å². The Hall–Kier alpha value is -4.91. The fraction of sp³-hybridized carbons (Fsp3) is 0.0357. The first-order valence-electron chi connectivity index (χ1n) is 10.9. The van der Waals surface area contributed by atoms with Gasteiger partial charge in [0.15, 0.2) is 5.78 Å². The van der Waals surface area contributed by atoms with Crippen LogP contribution < -0.4 is 16.0 Å². The van der Waals surface area contributed by atoms with Crippen molar-refractivity contribution in [3.05, 3.63) is 128 Å². The van der Waals surface area contributed by atoms with Gasteiger partial charge in [-0.15, -0.1) is 0 Å². The number of benzene rings is 3. The molecular weight excluding hydrogens is 444 g/mol. The van der Waals surface area contributed by atoms with Gasteiger partial charge in [0, 0.05) is 5.57 Å². The maximum absolute atomic E-state index is 12.6. The first kappa shape index (κ1) is 21.9. The summed E-state index contributed by atoms with van der Waals surface area (Å²) >= 11 is 0. The van der Waals surface area contributed by atoms with Gasteiger partial charge in [-0.3, -0.25) is 14.6 Å². The number of nitrogens with one attached hydrogen (secondary N) is 1. The van der Waals surface area contributed by atoms with Gasteiger partial charge in [-0.25, -0.2) is 9.36 Å². The number of hydrogen-bond donors (Lipinski definition) is 2. The zero-order chi connectivity index (χ0) is 24.4. The number of ether oxygens (including phenoxy) is 1. The number of allylic oxidation sites excluding steroid dienone is 2. The lowest BCUT2D eigenvalue weighted by molar-refractivity contribution is -0.109. The minimum Gasteiger partial charge on any atom is -0.494 e. The summed E-state index contributed by atoms with van der Waals surface area (Å²) in [5, 5.41) is 10.9. The van der Waals surface area contributed by atoms with Crippen LogP contribution in [0.4, 0.5) is 0 Å². The van der Waals surface area contributed by atoms with E-state index < -0.39 is 17.1 Å². The van der Waals surface area contributed by atoms with E-state index >= 15 is 0 Å². The highest BCUT2D eigenvalue weighted by atomic mass is 16.5. The summed E-state index contributed by atoms with van der Waals surface area (Å²) in [7, 11) is 0. The van der Waals surface area contributed by atoms with E-state index in [1.165, 1.54) is 12.2 Å². The fourth-order valence-electron chi connectivity index (χ4n) is 3.91. The van der Waals surface area contributed by atoms with Gasteiger partial charge in [-0.05, 0) is 53.1 Å². The third-order valence-electron chi connectivity index (χ3n) is 5.68. The molecule has 7 heteroatoms. The highest BCUT2D eigenvalue weighted by molar-refractivity contribution is 6.33. The van der Waals surface area contributed by atoms with Gasteiger partial charge >= 0.3 is 5.69 Å². The van der Waals surface area contributed by atoms with Crippen LogP contribution in [0.1, 0.15) is 22.3 Å². The Kier molecular flexibility index (Phi) is 5.73. The number of rotatable bonds is 5. The largest absolute Gasteiger partial charge is 0.494 e. The van der Waals surface area contributed by atoms with Gasteiger partial charge in [-0.2, -0.15) is 0 Å². The van der Waals surface area contributed by atoms with Crippen molar-refractivity contribution in [1.29, 1.82) is 0 Å². The molecule has 35 heavy (non-hydrogen) atoms. The zero-order valence-electron chi connectivity index (χ0n) is 18.5. The van der Waals surface area contributed by atoms with Gasteiger partial charge in [-0.1, -0.05) is 60.7 Å². The second-order valence-electron chi connectivity index (χ2n) is 7.94. The number of H-pyrrole nitrogens is 1. The average Bonchev–Trinajstić information content (AvgIpc) is 2.87. The van der Waals surface area contributed by atoms with Crippen LogP contribution in [0.5, 0.6) is 11.6 Å². The summed E-state index contributed by atoms with van der Waals surface area (Å²) in [6, 6.07) is 23.4. The van der Waals surface area contributed by atoms with E-state index in [1.54, 1.807) is 42.5 Å². The molecule has 0 unspecified atom stereocenters. The molecule has 0 saturated heterocycles. The standard InChI is InChI=1S/C28H20N2O5/c31-25-15-10-19-8-4-5-9-22(19)23(25)16-24-26(32)29-28(34)30(27(24)33)20-11-13-21(14-12-20)35-17-18-6-2-1-3-7-18/h1-16,33H,17H2,(H,29,32,34). The molecule has 0 radical (unpaired) electrons. The molecule has 1 aliphatic rings. The number of fused-ring (bicyclic) bond motifs is 1. The second kappa shape index (κ2) is 9.15. The van der Waals surface area contributed by atoms with E-state index in [-0.39, 0.29) is 16.9 Å². The number of carbonyl (C=O) groups is 1. The molecule has 1 aromatic heterocycles. The number of aromatic amines is 1. The van der Waals surface area contributed by atoms with E-state index in [0.717, 1.165) is 15.7 Å². The lowest BCUT2D eigenvalue weighted by Gasteiger charge is -2.14. The molecule has 0 atom stereocenters. The lowest BCUT2D eigenvalue weighted by Crippen LogP contribution is -2.30. The Morgan fingerprint density at radius 3 is 2.34 bits per heavy atom. The number of aromatic nitrogens is 2. The predicted octanol–water partition coefficient (Wildman–Crippen LogP) is 3.95. The van der Waals surface area contributed by atoms with E-state index in [0.29, 0.717) is 23.6 Å². The van der Waals surface area contributed by atoms with Crippen LogP contribution in [0.3, 0.4) is 0 Å². The third kappa shape index (κ3) is 4.35. The van der Waals surface area contributed by atoms with E-state index in [4.69, 9.17) is 4.74 Å². The van der Waals surface area contributed by atoms with Crippen molar-refractivity contribution < 1.29 is 14.6 Å². The molecule has 1 heterocycles. The molecule has 1 aliphatic carbocycles. The van der Waals surface area contributed by atoms with Crippen LogP contribution in [0, 0.1) is 0 Å². The van der Waals surface area contributed by atoms with Crippen molar-refractivity contribution in [2.75, 3.05) is 0 Å². The van der Waals surface area contributed by atoms with Crippen LogP contribution in [0.15, 0.2) is 94.5 Å². The number of aromatic hydroxyl groups is 1. The Morgan fingerprint density at radius 2 is 1.57 bits per heavy atom. The molecule has 0 amide bonds. The fourth-order valence-corrected chi connectivity index (χ4v) is 3.91. The van der Waals surface area contributed by atoms with Crippen LogP contribution in [-0.4, -0.2) is 20.4 Å².